The zero-order chi connectivity index (χ0) is 12.2. The molecule has 1 rings (SSSR count). The zero-order valence-electron chi connectivity index (χ0n) is 8.42. The summed E-state index contributed by atoms with van der Waals surface area (Å²) in [5.74, 6) is 0. The van der Waals surface area contributed by atoms with Gasteiger partial charge in [-0.3, -0.25) is 0 Å². The Morgan fingerprint density at radius 1 is 1.56 bits per heavy atom. The summed E-state index contributed by atoms with van der Waals surface area (Å²) in [5.41, 5.74) is 4.82. The van der Waals surface area contributed by atoms with Gasteiger partial charge >= 0.3 is 12.3 Å². The normalized spacial score (nSPS) is 26.4. The molecule has 1 fully saturated rings. The number of halogens is 3. The Kier molecular flexibility index (Phi) is 4.36. The number of primary amides is 1. The molecule has 1 saturated heterocycles. The minimum atomic E-state index is -4.31. The van der Waals surface area contributed by atoms with E-state index in [0.717, 1.165) is 0 Å². The Hall–Kier alpha value is -1.02. The molecule has 0 unspecified atom stereocenters. The van der Waals surface area contributed by atoms with Gasteiger partial charge in [0.25, 0.3) is 0 Å². The van der Waals surface area contributed by atoms with E-state index >= 15 is 0 Å². The van der Waals surface area contributed by atoms with Crippen LogP contribution in [0.15, 0.2) is 0 Å². The molecular weight excluding hydrogens is 229 g/mol. The summed E-state index contributed by atoms with van der Waals surface area (Å²) < 4.78 is 45.6. The second-order valence-corrected chi connectivity index (χ2v) is 3.44. The average Bonchev–Trinajstić information content (AvgIpc) is 2.14. The van der Waals surface area contributed by atoms with Gasteiger partial charge in [-0.05, 0) is 0 Å². The number of carbonyl (C=O) groups excluding carboxylic acids is 1. The quantitative estimate of drug-likeness (QED) is 0.750. The maximum absolute atomic E-state index is 12.0. The molecule has 3 N–H and O–H groups in total. The van der Waals surface area contributed by atoms with Gasteiger partial charge in [0.2, 0.25) is 0 Å². The lowest BCUT2D eigenvalue weighted by Gasteiger charge is -2.31. The SMILES string of the molecule is NC(=O)O[C@@H]1CCOC[C@@H]1NCC(F)(F)F. The third-order valence-electron chi connectivity index (χ3n) is 2.13. The van der Waals surface area contributed by atoms with Crippen molar-refractivity contribution in [2.75, 3.05) is 19.8 Å². The predicted molar refractivity (Wildman–Crippen MR) is 47.7 cm³/mol. The summed E-state index contributed by atoms with van der Waals surface area (Å²) in [6.45, 7) is -0.754. The minimum Gasteiger partial charge on any atom is -0.445 e. The first-order valence-electron chi connectivity index (χ1n) is 4.72. The molecule has 5 nitrogen and oxygen atoms in total. The van der Waals surface area contributed by atoms with Crippen molar-refractivity contribution >= 4 is 6.09 Å². The van der Waals surface area contributed by atoms with Crippen LogP contribution >= 0.6 is 0 Å². The van der Waals surface area contributed by atoms with Gasteiger partial charge in [0.05, 0.1) is 25.8 Å². The highest BCUT2D eigenvalue weighted by Gasteiger charge is 2.33. The van der Waals surface area contributed by atoms with E-state index in [4.69, 9.17) is 15.2 Å². The number of hydrogen-bond donors (Lipinski definition) is 2. The Balaban J connectivity index is 2.44. The van der Waals surface area contributed by atoms with Gasteiger partial charge in [-0.1, -0.05) is 0 Å². The fraction of sp³-hybridized carbons (Fsp3) is 0.875. The molecule has 2 atom stereocenters. The monoisotopic (exact) mass is 242 g/mol. The van der Waals surface area contributed by atoms with Crippen LogP contribution in [0.5, 0.6) is 0 Å². The molecule has 8 heteroatoms. The van der Waals surface area contributed by atoms with Crippen molar-refractivity contribution in [2.24, 2.45) is 5.73 Å². The van der Waals surface area contributed by atoms with Crippen molar-refractivity contribution in [3.8, 4) is 0 Å². The molecule has 1 heterocycles. The van der Waals surface area contributed by atoms with Crippen molar-refractivity contribution in [1.82, 2.24) is 5.32 Å². The van der Waals surface area contributed by atoms with Crippen LogP contribution in [-0.2, 0) is 9.47 Å². The number of ether oxygens (including phenoxy) is 2. The van der Waals surface area contributed by atoms with Gasteiger partial charge in [0.15, 0.2) is 0 Å². The maximum Gasteiger partial charge on any atom is 0.404 e. The molecule has 0 aromatic carbocycles. The summed E-state index contributed by atoms with van der Waals surface area (Å²) in [5, 5.41) is 2.23. The second kappa shape index (κ2) is 5.35. The van der Waals surface area contributed by atoms with Crippen LogP contribution in [-0.4, -0.2) is 44.2 Å². The van der Waals surface area contributed by atoms with Crippen LogP contribution in [0.1, 0.15) is 6.42 Å². The summed E-state index contributed by atoms with van der Waals surface area (Å²) in [4.78, 5) is 10.5. The van der Waals surface area contributed by atoms with Gasteiger partial charge in [-0.2, -0.15) is 13.2 Å². The number of amides is 1. The lowest BCUT2D eigenvalue weighted by Crippen LogP contribution is -2.51. The molecule has 94 valence electrons. The first kappa shape index (κ1) is 13.0. The number of alkyl halides is 3. The zero-order valence-corrected chi connectivity index (χ0v) is 8.42. The van der Waals surface area contributed by atoms with Crippen molar-refractivity contribution < 1.29 is 27.4 Å². The Bertz CT molecular complexity index is 247. The van der Waals surface area contributed by atoms with E-state index < -0.39 is 31.0 Å². The fourth-order valence-corrected chi connectivity index (χ4v) is 1.45. The van der Waals surface area contributed by atoms with E-state index in [2.05, 4.69) is 5.32 Å². The van der Waals surface area contributed by atoms with E-state index in [9.17, 15) is 18.0 Å². The molecule has 1 aliphatic heterocycles. The van der Waals surface area contributed by atoms with E-state index in [1.54, 1.807) is 0 Å². The third-order valence-corrected chi connectivity index (χ3v) is 2.13. The average molecular weight is 242 g/mol. The second-order valence-electron chi connectivity index (χ2n) is 3.44. The third kappa shape index (κ3) is 4.67. The molecule has 0 aromatic heterocycles. The summed E-state index contributed by atoms with van der Waals surface area (Å²) in [6, 6.07) is -0.678. The number of hydrogen-bond acceptors (Lipinski definition) is 4. The molecule has 0 saturated carbocycles. The standard InChI is InChI=1S/C8H13F3N2O3/c9-8(10,11)4-13-5-3-15-2-1-6(5)16-7(12)14/h5-6,13H,1-4H2,(H2,12,14)/t5-,6+/m0/s1. The van der Waals surface area contributed by atoms with Crippen LogP contribution in [0.25, 0.3) is 0 Å². The highest BCUT2D eigenvalue weighted by Crippen LogP contribution is 2.16. The van der Waals surface area contributed by atoms with Gasteiger partial charge < -0.3 is 20.5 Å². The molecule has 1 aliphatic rings. The largest absolute Gasteiger partial charge is 0.445 e. The summed E-state index contributed by atoms with van der Waals surface area (Å²) in [7, 11) is 0. The first-order valence-corrected chi connectivity index (χ1v) is 4.72. The van der Waals surface area contributed by atoms with Crippen LogP contribution in [0.2, 0.25) is 0 Å². The molecule has 0 bridgehead atoms. The predicted octanol–water partition coefficient (Wildman–Crippen LogP) is 0.391. The number of nitrogens with two attached hydrogens (primary N) is 1. The van der Waals surface area contributed by atoms with Crippen molar-refractivity contribution in [3.63, 3.8) is 0 Å². The lowest BCUT2D eigenvalue weighted by molar-refractivity contribution is -0.131. The molecule has 16 heavy (non-hydrogen) atoms. The van der Waals surface area contributed by atoms with Gasteiger partial charge in [-0.25, -0.2) is 4.79 Å². The minimum absolute atomic E-state index is 0.0635. The molecule has 1 amide bonds. The van der Waals surface area contributed by atoms with E-state index in [1.165, 1.54) is 0 Å². The Morgan fingerprint density at radius 2 is 2.25 bits per heavy atom. The van der Waals surface area contributed by atoms with Crippen LogP contribution in [0.4, 0.5) is 18.0 Å². The van der Waals surface area contributed by atoms with Crippen LogP contribution < -0.4 is 11.1 Å². The van der Waals surface area contributed by atoms with Gasteiger partial charge in [-0.15, -0.1) is 0 Å². The van der Waals surface area contributed by atoms with Crippen LogP contribution in [0, 0.1) is 0 Å². The smallest absolute Gasteiger partial charge is 0.404 e. The van der Waals surface area contributed by atoms with Crippen molar-refractivity contribution in [2.45, 2.75) is 24.7 Å². The number of nitrogens with one attached hydrogen (secondary N) is 1. The van der Waals surface area contributed by atoms with Crippen molar-refractivity contribution in [3.05, 3.63) is 0 Å². The molecule has 0 aromatic rings. The highest BCUT2D eigenvalue weighted by molar-refractivity contribution is 5.64. The summed E-state index contributed by atoms with van der Waals surface area (Å²) >= 11 is 0. The van der Waals surface area contributed by atoms with Gasteiger partial charge in [0.1, 0.15) is 6.10 Å². The lowest BCUT2D eigenvalue weighted by atomic mass is 10.1. The highest BCUT2D eigenvalue weighted by atomic mass is 19.4. The maximum atomic E-state index is 12.0. The van der Waals surface area contributed by atoms with Crippen LogP contribution in [0.3, 0.4) is 0 Å². The topological polar surface area (TPSA) is 73.6 Å². The Labute approximate surface area is 90.1 Å². The first-order chi connectivity index (χ1) is 7.38. The van der Waals surface area contributed by atoms with E-state index in [1.807, 2.05) is 0 Å². The molecular formula is C8H13F3N2O3. The number of rotatable bonds is 3. The molecule has 0 radical (unpaired) electrons. The van der Waals surface area contributed by atoms with Crippen molar-refractivity contribution in [1.29, 1.82) is 0 Å². The fourth-order valence-electron chi connectivity index (χ4n) is 1.45. The summed E-state index contributed by atoms with van der Waals surface area (Å²) in [6.07, 6.45) is -5.65. The van der Waals surface area contributed by atoms with E-state index in [-0.39, 0.29) is 6.61 Å². The van der Waals surface area contributed by atoms with E-state index in [0.29, 0.717) is 13.0 Å². The Morgan fingerprint density at radius 3 is 2.81 bits per heavy atom. The molecule has 0 spiro atoms. The number of carbonyl (C=O) groups is 1. The van der Waals surface area contributed by atoms with Gasteiger partial charge in [0, 0.05) is 6.42 Å². The molecule has 0 aliphatic carbocycles.